The van der Waals surface area contributed by atoms with Gasteiger partial charge in [0.25, 0.3) is 0 Å². The number of hydrogen-bond acceptors (Lipinski definition) is 5. The molecule has 2 aromatic rings. The number of amides is 1. The van der Waals surface area contributed by atoms with Gasteiger partial charge in [0.2, 0.25) is 5.91 Å². The van der Waals surface area contributed by atoms with Crippen LogP contribution in [0, 0.1) is 25.2 Å². The number of anilines is 1. The van der Waals surface area contributed by atoms with Crippen molar-refractivity contribution in [3.63, 3.8) is 0 Å². The molecule has 6 heteroatoms. The Morgan fingerprint density at radius 1 is 1.17 bits per heavy atom. The summed E-state index contributed by atoms with van der Waals surface area (Å²) in [4.78, 5) is 27.2. The van der Waals surface area contributed by atoms with Crippen LogP contribution >= 0.6 is 11.8 Å². The second-order valence-corrected chi connectivity index (χ2v) is 7.95. The van der Waals surface area contributed by atoms with E-state index in [9.17, 15) is 14.9 Å². The normalized spacial score (nSPS) is 17.8. The molecule has 1 fully saturated rings. The number of benzene rings is 2. The number of thioether (sulfide) groups is 1. The van der Waals surface area contributed by atoms with E-state index < -0.39 is 11.2 Å². The molecule has 1 heterocycles. The molecule has 1 atom stereocenters. The highest BCUT2D eigenvalue weighted by molar-refractivity contribution is 8.05. The Labute approximate surface area is 175 Å². The van der Waals surface area contributed by atoms with Crippen molar-refractivity contribution in [2.45, 2.75) is 32.4 Å². The fraction of sp³-hybridized carbons (Fsp3) is 0.261. The van der Waals surface area contributed by atoms with Crippen LogP contribution in [0.1, 0.15) is 23.6 Å². The molecular formula is C23H22N2O3S. The average molecular weight is 407 g/mol. The third kappa shape index (κ3) is 4.36. The summed E-state index contributed by atoms with van der Waals surface area (Å²) in [6.45, 7) is 5.81. The molecular weight excluding hydrogens is 384 g/mol. The molecule has 1 saturated heterocycles. The molecule has 1 aliphatic rings. The van der Waals surface area contributed by atoms with Gasteiger partial charge in [0.15, 0.2) is 5.57 Å². The van der Waals surface area contributed by atoms with E-state index in [0.29, 0.717) is 17.1 Å². The average Bonchev–Trinajstić information content (AvgIpc) is 3.01. The Kier molecular flexibility index (Phi) is 6.40. The Balaban J connectivity index is 2.05. The Morgan fingerprint density at radius 3 is 2.48 bits per heavy atom. The molecule has 0 spiro atoms. The molecule has 148 valence electrons. The van der Waals surface area contributed by atoms with E-state index in [2.05, 4.69) is 0 Å². The molecule has 3 rings (SSSR count). The second kappa shape index (κ2) is 8.97. The van der Waals surface area contributed by atoms with Gasteiger partial charge in [-0.1, -0.05) is 53.7 Å². The van der Waals surface area contributed by atoms with Crippen molar-refractivity contribution in [2.24, 2.45) is 0 Å². The first kappa shape index (κ1) is 20.7. The lowest BCUT2D eigenvalue weighted by molar-refractivity contribution is -0.138. The second-order valence-electron chi connectivity index (χ2n) is 6.76. The minimum Gasteiger partial charge on any atom is -0.462 e. The Hall–Kier alpha value is -3.04. The maximum atomic E-state index is 13.3. The van der Waals surface area contributed by atoms with Crippen molar-refractivity contribution in [2.75, 3.05) is 11.5 Å². The Morgan fingerprint density at radius 2 is 1.86 bits per heavy atom. The lowest BCUT2D eigenvalue weighted by Gasteiger charge is -2.18. The monoisotopic (exact) mass is 406 g/mol. The molecule has 5 nitrogen and oxygen atoms in total. The molecule has 0 saturated carbocycles. The van der Waals surface area contributed by atoms with Crippen molar-refractivity contribution < 1.29 is 14.3 Å². The van der Waals surface area contributed by atoms with Crippen molar-refractivity contribution in [3.05, 3.63) is 75.8 Å². The van der Waals surface area contributed by atoms with E-state index in [1.807, 2.05) is 68.4 Å². The molecule has 29 heavy (non-hydrogen) atoms. The maximum Gasteiger partial charge on any atom is 0.351 e. The van der Waals surface area contributed by atoms with Gasteiger partial charge in [-0.3, -0.25) is 9.69 Å². The SMILES string of the molecule is CCOC(=O)/C(C#N)=C1/S[C@@H](Cc2ccccc2C)C(=O)N1c1ccc(C)cc1. The van der Waals surface area contributed by atoms with Crippen LogP contribution in [0.5, 0.6) is 0 Å². The lowest BCUT2D eigenvalue weighted by Crippen LogP contribution is -2.30. The maximum absolute atomic E-state index is 13.3. The molecule has 0 N–H and O–H groups in total. The van der Waals surface area contributed by atoms with Crippen LogP contribution in [-0.2, 0) is 20.7 Å². The highest BCUT2D eigenvalue weighted by Crippen LogP contribution is 2.42. The summed E-state index contributed by atoms with van der Waals surface area (Å²) in [5.74, 6) is -0.854. The number of nitriles is 1. The summed E-state index contributed by atoms with van der Waals surface area (Å²) in [6, 6.07) is 17.3. The molecule has 1 aliphatic heterocycles. The van der Waals surface area contributed by atoms with Gasteiger partial charge in [0.1, 0.15) is 11.1 Å². The first-order valence-corrected chi connectivity index (χ1v) is 10.3. The predicted molar refractivity (Wildman–Crippen MR) is 114 cm³/mol. The summed E-state index contributed by atoms with van der Waals surface area (Å²) in [5, 5.41) is 9.54. The van der Waals surface area contributed by atoms with Gasteiger partial charge in [0.05, 0.1) is 11.9 Å². The van der Waals surface area contributed by atoms with Crippen LogP contribution in [0.15, 0.2) is 59.1 Å². The van der Waals surface area contributed by atoms with E-state index in [1.165, 1.54) is 16.7 Å². The van der Waals surface area contributed by atoms with E-state index in [0.717, 1.165) is 16.7 Å². The van der Waals surface area contributed by atoms with Gasteiger partial charge in [-0.25, -0.2) is 4.79 Å². The quantitative estimate of drug-likeness (QED) is 0.421. The topological polar surface area (TPSA) is 70.4 Å². The smallest absolute Gasteiger partial charge is 0.351 e. The fourth-order valence-electron chi connectivity index (χ4n) is 3.14. The number of ether oxygens (including phenoxy) is 1. The molecule has 2 aromatic carbocycles. The summed E-state index contributed by atoms with van der Waals surface area (Å²) in [7, 11) is 0. The van der Waals surface area contributed by atoms with Crippen molar-refractivity contribution in [3.8, 4) is 6.07 Å². The highest BCUT2D eigenvalue weighted by atomic mass is 32.2. The van der Waals surface area contributed by atoms with E-state index in [4.69, 9.17) is 4.74 Å². The largest absolute Gasteiger partial charge is 0.462 e. The minimum absolute atomic E-state index is 0.141. The number of carbonyl (C=O) groups is 2. The van der Waals surface area contributed by atoms with Crippen LogP contribution in [0.25, 0.3) is 0 Å². The van der Waals surface area contributed by atoms with Crippen LogP contribution in [-0.4, -0.2) is 23.7 Å². The summed E-state index contributed by atoms with van der Waals surface area (Å²) in [6.07, 6.45) is 0.517. The van der Waals surface area contributed by atoms with Crippen molar-refractivity contribution in [1.29, 1.82) is 5.26 Å². The molecule has 0 aliphatic carbocycles. The zero-order chi connectivity index (χ0) is 21.0. The van der Waals surface area contributed by atoms with E-state index >= 15 is 0 Å². The third-order valence-corrected chi connectivity index (χ3v) is 5.98. The number of rotatable bonds is 5. The van der Waals surface area contributed by atoms with Gasteiger partial charge in [-0.05, 0) is 50.5 Å². The Bertz CT molecular complexity index is 1010. The number of nitrogens with zero attached hydrogens (tertiary/aromatic N) is 2. The number of carbonyl (C=O) groups excluding carboxylic acids is 2. The fourth-order valence-corrected chi connectivity index (χ4v) is 4.43. The van der Waals surface area contributed by atoms with Crippen LogP contribution in [0.2, 0.25) is 0 Å². The summed E-state index contributed by atoms with van der Waals surface area (Å²) in [5.41, 5.74) is 3.72. The predicted octanol–water partition coefficient (Wildman–Crippen LogP) is 4.29. The molecule has 0 radical (unpaired) electrons. The van der Waals surface area contributed by atoms with Gasteiger partial charge in [-0.2, -0.15) is 5.26 Å². The van der Waals surface area contributed by atoms with Crippen molar-refractivity contribution >= 4 is 29.3 Å². The zero-order valence-electron chi connectivity index (χ0n) is 16.6. The van der Waals surface area contributed by atoms with Crippen LogP contribution in [0.4, 0.5) is 5.69 Å². The zero-order valence-corrected chi connectivity index (χ0v) is 17.5. The standard InChI is InChI=1S/C23H22N2O3S/c1-4-28-23(27)19(14-24)22-25(18-11-9-15(2)10-12-18)21(26)20(29-22)13-17-8-6-5-7-16(17)3/h5-12,20H,4,13H2,1-3H3/b22-19+/t20-/m0/s1. The van der Waals surface area contributed by atoms with Crippen molar-refractivity contribution in [1.82, 2.24) is 0 Å². The molecule has 0 unspecified atom stereocenters. The number of aryl methyl sites for hydroxylation is 2. The van der Waals surface area contributed by atoms with Gasteiger partial charge < -0.3 is 4.74 Å². The lowest BCUT2D eigenvalue weighted by atomic mass is 10.0. The van der Waals surface area contributed by atoms with Gasteiger partial charge in [0, 0.05) is 5.69 Å². The summed E-state index contributed by atoms with van der Waals surface area (Å²) < 4.78 is 5.05. The number of hydrogen-bond donors (Lipinski definition) is 0. The van der Waals surface area contributed by atoms with Gasteiger partial charge in [-0.15, -0.1) is 0 Å². The van der Waals surface area contributed by atoms with E-state index in [1.54, 1.807) is 6.92 Å². The molecule has 1 amide bonds. The van der Waals surface area contributed by atoms with Gasteiger partial charge >= 0.3 is 5.97 Å². The molecule has 0 aromatic heterocycles. The van der Waals surface area contributed by atoms with E-state index in [-0.39, 0.29) is 18.1 Å². The third-order valence-electron chi connectivity index (χ3n) is 4.72. The first-order chi connectivity index (χ1) is 14.0. The van der Waals surface area contributed by atoms with Crippen LogP contribution < -0.4 is 4.90 Å². The van der Waals surface area contributed by atoms with Crippen LogP contribution in [0.3, 0.4) is 0 Å². The number of esters is 1. The minimum atomic E-state index is -0.709. The summed E-state index contributed by atoms with van der Waals surface area (Å²) >= 11 is 1.25. The highest BCUT2D eigenvalue weighted by Gasteiger charge is 2.41. The first-order valence-electron chi connectivity index (χ1n) is 9.39. The molecule has 0 bridgehead atoms.